The van der Waals surface area contributed by atoms with Gasteiger partial charge >= 0.3 is 0 Å². The molecule has 1 aromatic rings. The third-order valence-electron chi connectivity index (χ3n) is 2.31. The number of aryl methyl sites for hydroxylation is 1. The average molecular weight is 276 g/mol. The summed E-state index contributed by atoms with van der Waals surface area (Å²) in [6, 6.07) is 0. The molecule has 0 saturated carbocycles. The third kappa shape index (κ3) is 3.97. The monoisotopic (exact) mass is 275 g/mol. The lowest BCUT2D eigenvalue weighted by molar-refractivity contribution is 0.0727. The zero-order valence-electron chi connectivity index (χ0n) is 10.5. The lowest BCUT2D eigenvalue weighted by atomic mass is 10.3. The molecule has 7 heteroatoms. The average Bonchev–Trinajstić information content (AvgIpc) is 2.35. The summed E-state index contributed by atoms with van der Waals surface area (Å²) in [5.74, 6) is 0. The molecule has 0 spiro atoms. The van der Waals surface area contributed by atoms with Crippen LogP contribution in [0.25, 0.3) is 0 Å². The number of hydrogen-bond acceptors (Lipinski definition) is 5. The van der Waals surface area contributed by atoms with Crippen LogP contribution in [0, 0.1) is 0 Å². The van der Waals surface area contributed by atoms with Crippen LogP contribution in [0.15, 0.2) is 11.0 Å². The fraction of sp³-hybridized carbons (Fsp3) is 0.636. The summed E-state index contributed by atoms with van der Waals surface area (Å²) >= 11 is 5.95. The number of aromatic nitrogens is 2. The van der Waals surface area contributed by atoms with Crippen molar-refractivity contribution in [1.29, 1.82) is 0 Å². The van der Waals surface area contributed by atoms with Gasteiger partial charge in [-0.3, -0.25) is 4.79 Å². The van der Waals surface area contributed by atoms with Gasteiger partial charge in [0.25, 0.3) is 5.56 Å². The Bertz CT molecular complexity index is 436. The number of hydrogen-bond donors (Lipinski definition) is 2. The minimum absolute atomic E-state index is 0.0862. The molecule has 18 heavy (non-hydrogen) atoms. The Labute approximate surface area is 111 Å². The molecule has 1 atom stereocenters. The van der Waals surface area contributed by atoms with Crippen LogP contribution >= 0.6 is 11.6 Å². The first kappa shape index (κ1) is 14.9. The van der Waals surface area contributed by atoms with Crippen molar-refractivity contribution in [1.82, 2.24) is 9.78 Å². The topological polar surface area (TPSA) is 76.4 Å². The second-order valence-electron chi connectivity index (χ2n) is 3.89. The van der Waals surface area contributed by atoms with E-state index in [1.807, 2.05) is 6.92 Å². The highest BCUT2D eigenvalue weighted by molar-refractivity contribution is 6.32. The van der Waals surface area contributed by atoms with Crippen molar-refractivity contribution in [3.63, 3.8) is 0 Å². The number of nitrogens with zero attached hydrogens (tertiary/aromatic N) is 2. The zero-order valence-corrected chi connectivity index (χ0v) is 11.3. The predicted octanol–water partition coefficient (Wildman–Crippen LogP) is 0.726. The molecule has 102 valence electrons. The van der Waals surface area contributed by atoms with E-state index in [1.165, 1.54) is 18.0 Å². The van der Waals surface area contributed by atoms with Crippen molar-refractivity contribution in [3.8, 4) is 0 Å². The first-order valence-corrected chi connectivity index (χ1v) is 6.14. The number of aliphatic hydroxyl groups is 1. The lowest BCUT2D eigenvalue weighted by Gasteiger charge is -2.13. The number of ether oxygens (including phenoxy) is 1. The number of halogens is 1. The van der Waals surface area contributed by atoms with E-state index in [2.05, 4.69) is 10.4 Å². The van der Waals surface area contributed by atoms with E-state index < -0.39 is 6.10 Å². The van der Waals surface area contributed by atoms with Crippen molar-refractivity contribution in [2.24, 2.45) is 0 Å². The quantitative estimate of drug-likeness (QED) is 0.767. The molecule has 0 bridgehead atoms. The van der Waals surface area contributed by atoms with Crippen LogP contribution in [-0.4, -0.2) is 41.3 Å². The first-order chi connectivity index (χ1) is 8.60. The Hall–Kier alpha value is -1.11. The summed E-state index contributed by atoms with van der Waals surface area (Å²) in [5, 5.41) is 16.4. The zero-order chi connectivity index (χ0) is 13.5. The standard InChI is InChI=1S/C11H18ClN3O3/c1-3-4-15-11(17)10(12)9(6-14-15)13-5-8(16)7-18-2/h6,8,13,16H,3-5,7H2,1-2H3. The molecule has 0 aliphatic carbocycles. The van der Waals surface area contributed by atoms with Gasteiger partial charge < -0.3 is 15.2 Å². The summed E-state index contributed by atoms with van der Waals surface area (Å²) < 4.78 is 6.11. The highest BCUT2D eigenvalue weighted by Gasteiger charge is 2.10. The van der Waals surface area contributed by atoms with Gasteiger partial charge in [-0.1, -0.05) is 18.5 Å². The van der Waals surface area contributed by atoms with Crippen molar-refractivity contribution in [3.05, 3.63) is 21.6 Å². The van der Waals surface area contributed by atoms with E-state index in [-0.39, 0.29) is 23.7 Å². The van der Waals surface area contributed by atoms with Crippen molar-refractivity contribution in [2.45, 2.75) is 26.0 Å². The molecule has 0 aromatic carbocycles. The maximum atomic E-state index is 11.8. The molecule has 0 fully saturated rings. The highest BCUT2D eigenvalue weighted by atomic mass is 35.5. The summed E-state index contributed by atoms with van der Waals surface area (Å²) in [4.78, 5) is 11.8. The van der Waals surface area contributed by atoms with Gasteiger partial charge in [0.1, 0.15) is 5.02 Å². The Morgan fingerprint density at radius 1 is 1.67 bits per heavy atom. The van der Waals surface area contributed by atoms with Gasteiger partial charge in [-0.25, -0.2) is 4.68 Å². The summed E-state index contributed by atoms with van der Waals surface area (Å²) in [6.45, 7) is 2.94. The van der Waals surface area contributed by atoms with Crippen LogP contribution in [0.1, 0.15) is 13.3 Å². The lowest BCUT2D eigenvalue weighted by Crippen LogP contribution is -2.27. The molecular formula is C11H18ClN3O3. The largest absolute Gasteiger partial charge is 0.389 e. The number of methoxy groups -OCH3 is 1. The molecule has 0 amide bonds. The van der Waals surface area contributed by atoms with E-state index in [4.69, 9.17) is 16.3 Å². The minimum atomic E-state index is -0.663. The van der Waals surface area contributed by atoms with Crippen LogP contribution in [-0.2, 0) is 11.3 Å². The van der Waals surface area contributed by atoms with E-state index in [0.717, 1.165) is 6.42 Å². The summed E-state index contributed by atoms with van der Waals surface area (Å²) in [7, 11) is 1.50. The van der Waals surface area contributed by atoms with Gasteiger partial charge in [-0.15, -0.1) is 0 Å². The third-order valence-corrected chi connectivity index (χ3v) is 2.67. The maximum Gasteiger partial charge on any atom is 0.287 e. The van der Waals surface area contributed by atoms with Crippen molar-refractivity contribution >= 4 is 17.3 Å². The number of anilines is 1. The predicted molar refractivity (Wildman–Crippen MR) is 70.2 cm³/mol. The van der Waals surface area contributed by atoms with Crippen LogP contribution < -0.4 is 10.9 Å². The molecule has 1 rings (SSSR count). The van der Waals surface area contributed by atoms with Gasteiger partial charge in [0.05, 0.1) is 24.6 Å². The number of aliphatic hydroxyl groups excluding tert-OH is 1. The SMILES string of the molecule is CCCn1ncc(NCC(O)COC)c(Cl)c1=O. The number of rotatable bonds is 7. The molecule has 0 saturated heterocycles. The maximum absolute atomic E-state index is 11.8. The normalized spacial score (nSPS) is 12.4. The fourth-order valence-electron chi connectivity index (χ4n) is 1.44. The highest BCUT2D eigenvalue weighted by Crippen LogP contribution is 2.15. The Balaban J connectivity index is 2.73. The molecule has 0 radical (unpaired) electrons. The van der Waals surface area contributed by atoms with E-state index >= 15 is 0 Å². The van der Waals surface area contributed by atoms with Crippen LogP contribution in [0.5, 0.6) is 0 Å². The second-order valence-corrected chi connectivity index (χ2v) is 4.27. The fourth-order valence-corrected chi connectivity index (χ4v) is 1.65. The van der Waals surface area contributed by atoms with Gasteiger partial charge in [0, 0.05) is 20.2 Å². The molecule has 1 unspecified atom stereocenters. The molecule has 6 nitrogen and oxygen atoms in total. The minimum Gasteiger partial charge on any atom is -0.389 e. The first-order valence-electron chi connectivity index (χ1n) is 5.76. The number of nitrogens with one attached hydrogen (secondary N) is 1. The van der Waals surface area contributed by atoms with E-state index in [0.29, 0.717) is 12.2 Å². The van der Waals surface area contributed by atoms with Gasteiger partial charge in [-0.2, -0.15) is 5.10 Å². The van der Waals surface area contributed by atoms with Gasteiger partial charge in [0.15, 0.2) is 0 Å². The molecule has 0 aliphatic heterocycles. The Morgan fingerprint density at radius 2 is 2.39 bits per heavy atom. The molecule has 0 aliphatic rings. The molecular weight excluding hydrogens is 258 g/mol. The second kappa shape index (κ2) is 7.35. The summed E-state index contributed by atoms with van der Waals surface area (Å²) in [5.41, 5.74) is 0.0916. The summed E-state index contributed by atoms with van der Waals surface area (Å²) in [6.07, 6.45) is 1.63. The van der Waals surface area contributed by atoms with E-state index in [9.17, 15) is 9.90 Å². The van der Waals surface area contributed by atoms with Gasteiger partial charge in [0.2, 0.25) is 0 Å². The van der Waals surface area contributed by atoms with Gasteiger partial charge in [-0.05, 0) is 6.42 Å². The van der Waals surface area contributed by atoms with Crippen molar-refractivity contribution in [2.75, 3.05) is 25.6 Å². The molecule has 1 heterocycles. The Kier molecular flexibility index (Phi) is 6.11. The molecule has 1 aromatic heterocycles. The molecule has 2 N–H and O–H groups in total. The van der Waals surface area contributed by atoms with Crippen molar-refractivity contribution < 1.29 is 9.84 Å². The van der Waals surface area contributed by atoms with E-state index in [1.54, 1.807) is 0 Å². The smallest absolute Gasteiger partial charge is 0.287 e. The van der Waals surface area contributed by atoms with Crippen LogP contribution in [0.4, 0.5) is 5.69 Å². The van der Waals surface area contributed by atoms with Crippen LogP contribution in [0.2, 0.25) is 5.02 Å². The Morgan fingerprint density at radius 3 is 3.00 bits per heavy atom. The van der Waals surface area contributed by atoms with Crippen LogP contribution in [0.3, 0.4) is 0 Å².